The maximum absolute atomic E-state index is 11.8. The zero-order valence-electron chi connectivity index (χ0n) is 8.44. The highest BCUT2D eigenvalue weighted by Crippen LogP contribution is 2.12. The monoisotopic (exact) mass is 224 g/mol. The van der Waals surface area contributed by atoms with Crippen LogP contribution in [0.2, 0.25) is 0 Å². The number of rotatable bonds is 3. The van der Waals surface area contributed by atoms with Gasteiger partial charge in [0.05, 0.1) is 13.1 Å². The molecule has 0 aromatic carbocycles. The molecule has 1 aliphatic rings. The van der Waals surface area contributed by atoms with Crippen molar-refractivity contribution in [3.8, 4) is 0 Å². The number of nitrogens with zero attached hydrogens (tertiary/aromatic N) is 1. The van der Waals surface area contributed by atoms with Gasteiger partial charge in [-0.2, -0.15) is 13.2 Å². The summed E-state index contributed by atoms with van der Waals surface area (Å²) in [5.74, 6) is -0.237. The normalized spacial score (nSPS) is 17.9. The first-order valence-electron chi connectivity index (χ1n) is 5.04. The number of hydrogen-bond acceptors (Lipinski definition) is 2. The quantitative estimate of drug-likeness (QED) is 0.780. The molecule has 0 unspecified atom stereocenters. The fraction of sp³-hybridized carbons (Fsp3) is 0.889. The van der Waals surface area contributed by atoms with E-state index in [0.717, 1.165) is 19.3 Å². The molecule has 0 aromatic heterocycles. The third-order valence-corrected chi connectivity index (χ3v) is 2.31. The Morgan fingerprint density at radius 3 is 2.33 bits per heavy atom. The highest BCUT2D eigenvalue weighted by molar-refractivity contribution is 5.78. The van der Waals surface area contributed by atoms with Crippen molar-refractivity contribution in [2.24, 2.45) is 0 Å². The number of carbonyl (C=O) groups excluding carboxylic acids is 1. The van der Waals surface area contributed by atoms with Crippen LogP contribution in [0.15, 0.2) is 0 Å². The van der Waals surface area contributed by atoms with E-state index in [1.165, 1.54) is 0 Å². The van der Waals surface area contributed by atoms with Gasteiger partial charge in [-0.1, -0.05) is 0 Å². The van der Waals surface area contributed by atoms with Crippen molar-refractivity contribution in [2.75, 3.05) is 26.2 Å². The predicted molar refractivity (Wildman–Crippen MR) is 49.4 cm³/mol. The van der Waals surface area contributed by atoms with E-state index < -0.39 is 12.7 Å². The van der Waals surface area contributed by atoms with E-state index in [1.807, 2.05) is 0 Å². The summed E-state index contributed by atoms with van der Waals surface area (Å²) < 4.78 is 35.3. The zero-order chi connectivity index (χ0) is 11.3. The molecule has 1 aliphatic heterocycles. The Morgan fingerprint density at radius 2 is 1.80 bits per heavy atom. The molecular weight excluding hydrogens is 209 g/mol. The van der Waals surface area contributed by atoms with Crippen molar-refractivity contribution < 1.29 is 18.0 Å². The molecule has 15 heavy (non-hydrogen) atoms. The van der Waals surface area contributed by atoms with Crippen molar-refractivity contribution in [1.82, 2.24) is 10.2 Å². The highest BCUT2D eigenvalue weighted by Gasteiger charge is 2.27. The number of piperidine rings is 1. The van der Waals surface area contributed by atoms with Gasteiger partial charge in [-0.3, -0.25) is 4.79 Å². The van der Waals surface area contributed by atoms with Crippen molar-refractivity contribution in [3.05, 3.63) is 0 Å². The maximum atomic E-state index is 11.8. The molecule has 0 aromatic rings. The molecule has 1 saturated heterocycles. The largest absolute Gasteiger partial charge is 0.401 e. The van der Waals surface area contributed by atoms with Gasteiger partial charge in [-0.15, -0.1) is 0 Å². The van der Waals surface area contributed by atoms with Crippen LogP contribution in [0.4, 0.5) is 13.2 Å². The van der Waals surface area contributed by atoms with Crippen LogP contribution in [0.25, 0.3) is 0 Å². The Balaban J connectivity index is 2.17. The summed E-state index contributed by atoms with van der Waals surface area (Å²) in [6, 6.07) is 0. The van der Waals surface area contributed by atoms with Gasteiger partial charge in [0.15, 0.2) is 0 Å². The lowest BCUT2D eigenvalue weighted by Gasteiger charge is -2.26. The number of amides is 1. The van der Waals surface area contributed by atoms with Gasteiger partial charge in [0.25, 0.3) is 0 Å². The van der Waals surface area contributed by atoms with Gasteiger partial charge >= 0.3 is 6.18 Å². The summed E-state index contributed by atoms with van der Waals surface area (Å²) in [5, 5.41) is 2.11. The molecule has 0 atom stereocenters. The van der Waals surface area contributed by atoms with E-state index >= 15 is 0 Å². The SMILES string of the molecule is O=C(CNCC(F)(F)F)N1CCCCC1. The fourth-order valence-electron chi connectivity index (χ4n) is 1.57. The molecule has 1 rings (SSSR count). The molecule has 1 fully saturated rings. The number of nitrogens with one attached hydrogen (secondary N) is 1. The van der Waals surface area contributed by atoms with Crippen molar-refractivity contribution in [2.45, 2.75) is 25.4 Å². The van der Waals surface area contributed by atoms with Crippen LogP contribution in [0.1, 0.15) is 19.3 Å². The number of hydrogen-bond donors (Lipinski definition) is 1. The summed E-state index contributed by atoms with van der Waals surface area (Å²) in [6.07, 6.45) is -1.25. The van der Waals surface area contributed by atoms with Gasteiger partial charge < -0.3 is 10.2 Å². The van der Waals surface area contributed by atoms with Crippen LogP contribution in [0.5, 0.6) is 0 Å². The molecule has 88 valence electrons. The van der Waals surface area contributed by atoms with Crippen LogP contribution in [-0.2, 0) is 4.79 Å². The summed E-state index contributed by atoms with van der Waals surface area (Å²) in [5.41, 5.74) is 0. The number of halogens is 3. The van der Waals surface area contributed by atoms with Crippen LogP contribution >= 0.6 is 0 Å². The standard InChI is InChI=1S/C9H15F3N2O/c10-9(11,12)7-13-6-8(15)14-4-2-1-3-5-14/h13H,1-7H2. The summed E-state index contributed by atoms with van der Waals surface area (Å²) in [4.78, 5) is 13.0. The number of carbonyl (C=O) groups is 1. The highest BCUT2D eigenvalue weighted by atomic mass is 19.4. The van der Waals surface area contributed by atoms with Gasteiger partial charge in [0, 0.05) is 13.1 Å². The number of likely N-dealkylation sites (tertiary alicyclic amines) is 1. The average Bonchev–Trinajstić information content (AvgIpc) is 2.17. The predicted octanol–water partition coefficient (Wildman–Crippen LogP) is 1.15. The summed E-state index contributed by atoms with van der Waals surface area (Å²) in [7, 11) is 0. The van der Waals surface area contributed by atoms with E-state index in [1.54, 1.807) is 4.90 Å². The summed E-state index contributed by atoms with van der Waals surface area (Å²) in [6.45, 7) is 0.0190. The average molecular weight is 224 g/mol. The van der Waals surface area contributed by atoms with E-state index in [4.69, 9.17) is 0 Å². The van der Waals surface area contributed by atoms with Crippen LogP contribution in [0.3, 0.4) is 0 Å². The Morgan fingerprint density at radius 1 is 1.20 bits per heavy atom. The van der Waals surface area contributed by atoms with E-state index in [9.17, 15) is 18.0 Å². The molecule has 0 saturated carbocycles. The van der Waals surface area contributed by atoms with Gasteiger partial charge in [0.1, 0.15) is 0 Å². The first kappa shape index (κ1) is 12.3. The lowest BCUT2D eigenvalue weighted by molar-refractivity contribution is -0.134. The first-order chi connectivity index (χ1) is 6.99. The van der Waals surface area contributed by atoms with Gasteiger partial charge in [-0.05, 0) is 19.3 Å². The zero-order valence-corrected chi connectivity index (χ0v) is 8.44. The molecular formula is C9H15F3N2O. The lowest BCUT2D eigenvalue weighted by Crippen LogP contribution is -2.43. The first-order valence-corrected chi connectivity index (χ1v) is 5.04. The van der Waals surface area contributed by atoms with Crippen molar-refractivity contribution in [1.29, 1.82) is 0 Å². The second-order valence-corrected chi connectivity index (χ2v) is 3.66. The Hall–Kier alpha value is -0.780. The maximum Gasteiger partial charge on any atom is 0.401 e. The molecule has 1 N–H and O–H groups in total. The molecule has 0 spiro atoms. The van der Waals surface area contributed by atoms with Crippen molar-refractivity contribution in [3.63, 3.8) is 0 Å². The third kappa shape index (κ3) is 5.01. The summed E-state index contributed by atoms with van der Waals surface area (Å²) >= 11 is 0. The van der Waals surface area contributed by atoms with Gasteiger partial charge in [0.2, 0.25) is 5.91 Å². The minimum Gasteiger partial charge on any atom is -0.342 e. The molecule has 0 radical (unpaired) electrons. The molecule has 3 nitrogen and oxygen atoms in total. The van der Waals surface area contributed by atoms with Crippen molar-refractivity contribution >= 4 is 5.91 Å². The lowest BCUT2D eigenvalue weighted by atomic mass is 10.1. The molecule has 0 bridgehead atoms. The van der Waals surface area contributed by atoms with E-state index in [-0.39, 0.29) is 12.5 Å². The van der Waals surface area contributed by atoms with Crippen LogP contribution < -0.4 is 5.32 Å². The second kappa shape index (κ2) is 5.34. The topological polar surface area (TPSA) is 32.3 Å². The Labute approximate surface area is 86.6 Å². The Bertz CT molecular complexity index is 212. The van der Waals surface area contributed by atoms with E-state index in [0.29, 0.717) is 13.1 Å². The third-order valence-electron chi connectivity index (χ3n) is 2.31. The molecule has 1 heterocycles. The molecule has 6 heteroatoms. The van der Waals surface area contributed by atoms with Crippen LogP contribution in [-0.4, -0.2) is 43.2 Å². The van der Waals surface area contributed by atoms with Crippen LogP contribution in [0, 0.1) is 0 Å². The smallest absolute Gasteiger partial charge is 0.342 e. The molecule has 0 aliphatic carbocycles. The Kier molecular flexibility index (Phi) is 4.38. The fourth-order valence-corrected chi connectivity index (χ4v) is 1.57. The minimum absolute atomic E-state index is 0.223. The number of alkyl halides is 3. The minimum atomic E-state index is -4.25. The van der Waals surface area contributed by atoms with E-state index in [2.05, 4.69) is 5.32 Å². The molecule has 1 amide bonds. The van der Waals surface area contributed by atoms with Gasteiger partial charge in [-0.25, -0.2) is 0 Å². The second-order valence-electron chi connectivity index (χ2n) is 3.66.